The molecule has 0 saturated carbocycles. The zero-order valence-corrected chi connectivity index (χ0v) is 10.2. The van der Waals surface area contributed by atoms with E-state index in [0.717, 1.165) is 6.92 Å². The van der Waals surface area contributed by atoms with Crippen molar-refractivity contribution in [2.24, 2.45) is 5.73 Å². The minimum absolute atomic E-state index is 0.818. The Morgan fingerprint density at radius 1 is 1.33 bits per heavy atom. The van der Waals surface area contributed by atoms with Crippen LogP contribution in [0.2, 0.25) is 0 Å². The first-order chi connectivity index (χ1) is 8.19. The summed E-state index contributed by atoms with van der Waals surface area (Å²) in [5.74, 6) is -1.94. The molecule has 1 saturated heterocycles. The summed E-state index contributed by atoms with van der Waals surface area (Å²) in [6, 6.07) is -1.61. The van der Waals surface area contributed by atoms with Crippen molar-refractivity contribution in [2.45, 2.75) is 31.3 Å². The number of carbonyl (C=O) groups excluding carboxylic acids is 2. The van der Waals surface area contributed by atoms with Gasteiger partial charge in [0.25, 0.3) is 0 Å². The van der Waals surface area contributed by atoms with Gasteiger partial charge < -0.3 is 15.9 Å². The molecule has 1 rings (SSSR count). The first kappa shape index (κ1) is 15.1. The molecule has 0 unspecified atom stereocenters. The van der Waals surface area contributed by atoms with Crippen molar-refractivity contribution < 1.29 is 36.6 Å². The average Bonchev–Trinajstić information content (AvgIpc) is 2.62. The third-order valence-corrected chi connectivity index (χ3v) is 3.27. The highest BCUT2D eigenvalue weighted by molar-refractivity contribution is 7.82. The van der Waals surface area contributed by atoms with Crippen molar-refractivity contribution in [1.82, 2.24) is 0 Å². The van der Waals surface area contributed by atoms with Crippen LogP contribution in [0.15, 0.2) is 0 Å². The first-order valence-electron chi connectivity index (χ1n) is 4.90. The molecule has 0 aromatic heterocycles. The van der Waals surface area contributed by atoms with Crippen LogP contribution in [-0.2, 0) is 28.4 Å². The average molecular weight is 283 g/mol. The Balaban J connectivity index is 2.97. The lowest BCUT2D eigenvalue weighted by atomic mass is 9.97. The van der Waals surface area contributed by atoms with E-state index in [1.807, 2.05) is 0 Å². The molecular weight excluding hydrogens is 270 g/mol. The standard InChI is InChI=1S/C8H13NO8S/c1-3(11)6(13)5(9)8-7(4(12)2-10)16-18(14,15)17-8/h4-5,7-8,10,12H,2,9H2,1H3/t4-,5+,7-,8-/m1/s1. The molecular formula is C8H13NO8S. The number of carbonyl (C=O) groups is 2. The second kappa shape index (κ2) is 5.38. The van der Waals surface area contributed by atoms with Crippen LogP contribution in [0.25, 0.3) is 0 Å². The van der Waals surface area contributed by atoms with Gasteiger partial charge in [-0.2, -0.15) is 8.42 Å². The van der Waals surface area contributed by atoms with Gasteiger partial charge in [0, 0.05) is 6.92 Å². The topological polar surface area (TPSA) is 153 Å². The zero-order chi connectivity index (χ0) is 14.1. The van der Waals surface area contributed by atoms with Crippen LogP contribution in [0.4, 0.5) is 0 Å². The van der Waals surface area contributed by atoms with E-state index in [0.29, 0.717) is 0 Å². The molecule has 1 fully saturated rings. The summed E-state index contributed by atoms with van der Waals surface area (Å²) >= 11 is 0. The third kappa shape index (κ3) is 3.10. The van der Waals surface area contributed by atoms with Crippen molar-refractivity contribution in [2.75, 3.05) is 6.61 Å². The number of ketones is 2. The molecule has 10 heteroatoms. The van der Waals surface area contributed by atoms with Crippen molar-refractivity contribution in [3.05, 3.63) is 0 Å². The summed E-state index contributed by atoms with van der Waals surface area (Å²) in [4.78, 5) is 22.2. The van der Waals surface area contributed by atoms with Gasteiger partial charge in [0.2, 0.25) is 5.78 Å². The van der Waals surface area contributed by atoms with E-state index in [9.17, 15) is 23.1 Å². The monoisotopic (exact) mass is 283 g/mol. The molecule has 4 atom stereocenters. The van der Waals surface area contributed by atoms with Crippen molar-refractivity contribution in [1.29, 1.82) is 0 Å². The number of nitrogens with two attached hydrogens (primary N) is 1. The number of Topliss-reactive ketones (excluding diaryl/α,β-unsaturated/α-hetero) is 2. The van der Waals surface area contributed by atoms with E-state index in [1.165, 1.54) is 0 Å². The van der Waals surface area contributed by atoms with Gasteiger partial charge in [0.05, 0.1) is 6.61 Å². The maximum absolute atomic E-state index is 11.3. The fourth-order valence-electron chi connectivity index (χ4n) is 1.44. The van der Waals surface area contributed by atoms with Gasteiger partial charge in [0.1, 0.15) is 24.4 Å². The molecule has 9 nitrogen and oxygen atoms in total. The predicted octanol–water partition coefficient (Wildman–Crippen LogP) is -3.15. The van der Waals surface area contributed by atoms with E-state index in [1.54, 1.807) is 0 Å². The highest BCUT2D eigenvalue weighted by Gasteiger charge is 2.49. The molecule has 1 aliphatic heterocycles. The number of rotatable bonds is 5. The summed E-state index contributed by atoms with van der Waals surface area (Å²) in [5.41, 5.74) is 5.39. The van der Waals surface area contributed by atoms with Gasteiger partial charge >= 0.3 is 10.4 Å². The fraction of sp³-hybridized carbons (Fsp3) is 0.750. The van der Waals surface area contributed by atoms with Crippen molar-refractivity contribution in [3.8, 4) is 0 Å². The summed E-state index contributed by atoms with van der Waals surface area (Å²) in [7, 11) is -4.42. The Labute approximate surface area is 103 Å². The Kier molecular flexibility index (Phi) is 4.53. The minimum Gasteiger partial charge on any atom is -0.394 e. The lowest BCUT2D eigenvalue weighted by molar-refractivity contribution is -0.138. The van der Waals surface area contributed by atoms with Crippen LogP contribution in [0.1, 0.15) is 6.92 Å². The SMILES string of the molecule is CC(=O)C(=O)[C@H](N)[C@H]1OS(=O)(=O)O[C@@H]1[C@H](O)CO. The van der Waals surface area contributed by atoms with Gasteiger partial charge in [-0.25, -0.2) is 8.37 Å². The summed E-state index contributed by atoms with van der Waals surface area (Å²) in [6.45, 7) is 0.144. The van der Waals surface area contributed by atoms with Gasteiger partial charge in [-0.15, -0.1) is 0 Å². The van der Waals surface area contributed by atoms with E-state index >= 15 is 0 Å². The third-order valence-electron chi connectivity index (χ3n) is 2.35. The molecule has 0 aromatic carbocycles. The van der Waals surface area contributed by atoms with Crippen LogP contribution in [0.3, 0.4) is 0 Å². The van der Waals surface area contributed by atoms with Crippen LogP contribution >= 0.6 is 0 Å². The van der Waals surface area contributed by atoms with Gasteiger partial charge in [-0.1, -0.05) is 0 Å². The van der Waals surface area contributed by atoms with Crippen LogP contribution < -0.4 is 5.73 Å². The summed E-state index contributed by atoms with van der Waals surface area (Å²) in [5, 5.41) is 18.1. The smallest absolute Gasteiger partial charge is 0.394 e. The summed E-state index contributed by atoms with van der Waals surface area (Å²) < 4.78 is 30.9. The molecule has 0 spiro atoms. The second-order valence-electron chi connectivity index (χ2n) is 3.73. The number of aliphatic hydroxyl groups is 2. The van der Waals surface area contributed by atoms with Gasteiger partial charge in [-0.05, 0) is 0 Å². The second-order valence-corrected chi connectivity index (χ2v) is 4.93. The van der Waals surface area contributed by atoms with Crippen LogP contribution in [0.5, 0.6) is 0 Å². The Bertz CT molecular complexity index is 446. The predicted molar refractivity (Wildman–Crippen MR) is 55.4 cm³/mol. The zero-order valence-electron chi connectivity index (χ0n) is 9.35. The number of hydrogen-bond donors (Lipinski definition) is 3. The largest absolute Gasteiger partial charge is 0.400 e. The maximum Gasteiger partial charge on any atom is 0.400 e. The highest BCUT2D eigenvalue weighted by atomic mass is 32.3. The molecule has 0 radical (unpaired) electrons. The van der Waals surface area contributed by atoms with E-state index in [4.69, 9.17) is 10.8 Å². The molecule has 1 aliphatic rings. The summed E-state index contributed by atoms with van der Waals surface area (Å²) in [6.07, 6.45) is -4.72. The molecule has 1 heterocycles. The lowest BCUT2D eigenvalue weighted by Crippen LogP contribution is -2.52. The molecule has 0 bridgehead atoms. The first-order valence-corrected chi connectivity index (χ1v) is 6.23. The van der Waals surface area contributed by atoms with Gasteiger partial charge in [-0.3, -0.25) is 9.59 Å². The van der Waals surface area contributed by atoms with Crippen molar-refractivity contribution in [3.63, 3.8) is 0 Å². The maximum atomic E-state index is 11.3. The van der Waals surface area contributed by atoms with E-state index < -0.39 is 52.9 Å². The normalized spacial score (nSPS) is 29.8. The molecule has 0 aromatic rings. The Morgan fingerprint density at radius 3 is 2.28 bits per heavy atom. The highest BCUT2D eigenvalue weighted by Crippen LogP contribution is 2.25. The van der Waals surface area contributed by atoms with Crippen LogP contribution in [0, 0.1) is 0 Å². The number of aliphatic hydroxyl groups excluding tert-OH is 2. The fourth-order valence-corrected chi connectivity index (χ4v) is 2.50. The van der Waals surface area contributed by atoms with E-state index in [-0.39, 0.29) is 0 Å². The quantitative estimate of drug-likeness (QED) is 0.444. The van der Waals surface area contributed by atoms with Gasteiger partial charge in [0.15, 0.2) is 5.78 Å². The van der Waals surface area contributed by atoms with E-state index in [2.05, 4.69) is 8.37 Å². The van der Waals surface area contributed by atoms with Crippen molar-refractivity contribution >= 4 is 22.0 Å². The number of hydrogen-bond acceptors (Lipinski definition) is 9. The Morgan fingerprint density at radius 2 is 1.83 bits per heavy atom. The Hall–Kier alpha value is -0.910. The minimum atomic E-state index is -4.42. The molecule has 0 amide bonds. The molecule has 104 valence electrons. The molecule has 0 aliphatic carbocycles. The lowest BCUT2D eigenvalue weighted by Gasteiger charge is -2.22. The molecule has 4 N–H and O–H groups in total. The van der Waals surface area contributed by atoms with Crippen LogP contribution in [-0.4, -0.2) is 61.2 Å². The molecule has 18 heavy (non-hydrogen) atoms.